The van der Waals surface area contributed by atoms with Gasteiger partial charge in [0.05, 0.1) is 11.7 Å². The summed E-state index contributed by atoms with van der Waals surface area (Å²) in [6.07, 6.45) is 1.54. The maximum Gasteiger partial charge on any atom is 0.263 e. The molecule has 4 nitrogen and oxygen atoms in total. The third kappa shape index (κ3) is 3.65. The van der Waals surface area contributed by atoms with Gasteiger partial charge in [0, 0.05) is 12.1 Å². The molecule has 0 aliphatic heterocycles. The minimum absolute atomic E-state index is 0.146. The Kier molecular flexibility index (Phi) is 4.67. The van der Waals surface area contributed by atoms with Crippen molar-refractivity contribution >= 4 is 17.2 Å². The molecular formula is C14H12N2O2S. The van der Waals surface area contributed by atoms with E-state index in [0.29, 0.717) is 11.4 Å². The molecule has 0 saturated heterocycles. The monoisotopic (exact) mass is 272 g/mol. The van der Waals surface area contributed by atoms with Crippen LogP contribution in [0.1, 0.15) is 20.8 Å². The Morgan fingerprint density at radius 2 is 2.26 bits per heavy atom. The van der Waals surface area contributed by atoms with Gasteiger partial charge in [0.25, 0.3) is 5.91 Å². The van der Waals surface area contributed by atoms with Gasteiger partial charge in [-0.25, -0.2) is 0 Å². The standard InChI is InChI=1S/C14H12N2O2S/c17-7-3-6-11-4-1-2-5-12(11)8-16-14(18)13-9-15-10-19-13/h1-2,4-5,9-10,17H,7-8H2,(H,16,18). The number of aromatic nitrogens is 1. The average molecular weight is 272 g/mol. The molecule has 0 unspecified atom stereocenters. The second-order valence-electron chi connectivity index (χ2n) is 3.67. The van der Waals surface area contributed by atoms with E-state index in [0.717, 1.165) is 11.1 Å². The molecule has 19 heavy (non-hydrogen) atoms. The van der Waals surface area contributed by atoms with E-state index in [1.54, 1.807) is 5.51 Å². The molecular weight excluding hydrogens is 260 g/mol. The number of aliphatic hydroxyl groups excluding tert-OH is 1. The molecule has 0 saturated carbocycles. The van der Waals surface area contributed by atoms with Crippen molar-refractivity contribution in [2.45, 2.75) is 6.54 Å². The molecule has 0 aliphatic carbocycles. The highest BCUT2D eigenvalue weighted by molar-refractivity contribution is 7.11. The number of thiazole rings is 1. The van der Waals surface area contributed by atoms with Crippen LogP contribution in [0.15, 0.2) is 36.0 Å². The smallest absolute Gasteiger partial charge is 0.263 e. The summed E-state index contributed by atoms with van der Waals surface area (Å²) in [7, 11) is 0. The van der Waals surface area contributed by atoms with Gasteiger partial charge in [0.15, 0.2) is 0 Å². The minimum Gasteiger partial charge on any atom is -0.384 e. The Hall–Kier alpha value is -2.16. The zero-order chi connectivity index (χ0) is 13.5. The van der Waals surface area contributed by atoms with Crippen molar-refractivity contribution in [3.63, 3.8) is 0 Å². The van der Waals surface area contributed by atoms with E-state index < -0.39 is 0 Å². The Morgan fingerprint density at radius 1 is 1.42 bits per heavy atom. The number of benzene rings is 1. The summed E-state index contributed by atoms with van der Waals surface area (Å²) in [5.74, 6) is 5.32. The largest absolute Gasteiger partial charge is 0.384 e. The zero-order valence-corrected chi connectivity index (χ0v) is 10.9. The van der Waals surface area contributed by atoms with Gasteiger partial charge < -0.3 is 10.4 Å². The number of amides is 1. The maximum atomic E-state index is 11.8. The molecule has 1 amide bonds. The molecule has 0 bridgehead atoms. The van der Waals surface area contributed by atoms with Gasteiger partial charge >= 0.3 is 0 Å². The number of carbonyl (C=O) groups is 1. The lowest BCUT2D eigenvalue weighted by atomic mass is 10.1. The first-order chi connectivity index (χ1) is 9.31. The van der Waals surface area contributed by atoms with Gasteiger partial charge in [-0.1, -0.05) is 30.0 Å². The first kappa shape index (κ1) is 13.3. The molecule has 5 heteroatoms. The van der Waals surface area contributed by atoms with Gasteiger partial charge in [-0.05, 0) is 11.6 Å². The summed E-state index contributed by atoms with van der Waals surface area (Å²) >= 11 is 1.30. The van der Waals surface area contributed by atoms with Gasteiger partial charge in [0.1, 0.15) is 11.5 Å². The van der Waals surface area contributed by atoms with E-state index >= 15 is 0 Å². The minimum atomic E-state index is -0.179. The lowest BCUT2D eigenvalue weighted by Gasteiger charge is -2.05. The summed E-state index contributed by atoms with van der Waals surface area (Å²) in [4.78, 5) is 16.2. The summed E-state index contributed by atoms with van der Waals surface area (Å²) in [5.41, 5.74) is 3.35. The highest BCUT2D eigenvalue weighted by Crippen LogP contribution is 2.09. The summed E-state index contributed by atoms with van der Waals surface area (Å²) in [6, 6.07) is 7.51. The third-order valence-corrected chi connectivity index (χ3v) is 3.19. The number of nitrogens with zero attached hydrogens (tertiary/aromatic N) is 1. The first-order valence-electron chi connectivity index (χ1n) is 5.65. The molecule has 0 spiro atoms. The Labute approximate surface area is 115 Å². The fourth-order valence-electron chi connectivity index (χ4n) is 1.52. The average Bonchev–Trinajstić information content (AvgIpc) is 2.97. The zero-order valence-electron chi connectivity index (χ0n) is 10.1. The second kappa shape index (κ2) is 6.69. The molecule has 0 atom stereocenters. The van der Waals surface area contributed by atoms with Crippen molar-refractivity contribution in [1.82, 2.24) is 10.3 Å². The molecule has 1 aromatic carbocycles. The molecule has 1 aromatic heterocycles. The number of nitrogens with one attached hydrogen (secondary N) is 1. The van der Waals surface area contributed by atoms with E-state index in [9.17, 15) is 4.79 Å². The van der Waals surface area contributed by atoms with Crippen LogP contribution < -0.4 is 5.32 Å². The van der Waals surface area contributed by atoms with Crippen LogP contribution in [-0.2, 0) is 6.54 Å². The highest BCUT2D eigenvalue weighted by atomic mass is 32.1. The summed E-state index contributed by atoms with van der Waals surface area (Å²) < 4.78 is 0. The van der Waals surface area contributed by atoms with Crippen LogP contribution in [0.5, 0.6) is 0 Å². The molecule has 2 N–H and O–H groups in total. The topological polar surface area (TPSA) is 62.2 Å². The number of aliphatic hydroxyl groups is 1. The molecule has 0 aliphatic rings. The molecule has 0 radical (unpaired) electrons. The van der Waals surface area contributed by atoms with E-state index in [-0.39, 0.29) is 12.5 Å². The molecule has 0 fully saturated rings. The highest BCUT2D eigenvalue weighted by Gasteiger charge is 2.07. The Bertz CT molecular complexity index is 612. The number of hydrogen-bond acceptors (Lipinski definition) is 4. The summed E-state index contributed by atoms with van der Waals surface area (Å²) in [6.45, 7) is 0.217. The quantitative estimate of drug-likeness (QED) is 0.831. The van der Waals surface area contributed by atoms with E-state index in [1.165, 1.54) is 17.5 Å². The van der Waals surface area contributed by atoms with Gasteiger partial charge in [-0.2, -0.15) is 0 Å². The van der Waals surface area contributed by atoms with Crippen LogP contribution in [0.25, 0.3) is 0 Å². The second-order valence-corrected chi connectivity index (χ2v) is 4.55. The molecule has 2 aromatic rings. The number of rotatable bonds is 3. The Balaban J connectivity index is 2.05. The first-order valence-corrected chi connectivity index (χ1v) is 6.53. The van der Waals surface area contributed by atoms with Crippen molar-refractivity contribution in [1.29, 1.82) is 0 Å². The summed E-state index contributed by atoms with van der Waals surface area (Å²) in [5, 5.41) is 11.5. The van der Waals surface area contributed by atoms with Crippen LogP contribution in [-0.4, -0.2) is 22.6 Å². The predicted molar refractivity (Wildman–Crippen MR) is 73.7 cm³/mol. The Morgan fingerprint density at radius 3 is 3.00 bits per heavy atom. The molecule has 96 valence electrons. The van der Waals surface area contributed by atoms with E-state index in [1.807, 2.05) is 24.3 Å². The van der Waals surface area contributed by atoms with Crippen LogP contribution in [0.2, 0.25) is 0 Å². The van der Waals surface area contributed by atoms with E-state index in [2.05, 4.69) is 22.1 Å². The van der Waals surface area contributed by atoms with Crippen molar-refractivity contribution < 1.29 is 9.90 Å². The third-order valence-electron chi connectivity index (χ3n) is 2.41. The SMILES string of the molecule is O=C(NCc1ccccc1C#CCO)c1cncs1. The van der Waals surface area contributed by atoms with E-state index in [4.69, 9.17) is 5.11 Å². The molecule has 2 rings (SSSR count). The fourth-order valence-corrected chi connectivity index (χ4v) is 2.06. The van der Waals surface area contributed by atoms with Gasteiger partial charge in [-0.15, -0.1) is 11.3 Å². The van der Waals surface area contributed by atoms with Gasteiger partial charge in [0.2, 0.25) is 0 Å². The number of carbonyl (C=O) groups excluding carboxylic acids is 1. The lowest BCUT2D eigenvalue weighted by Crippen LogP contribution is -2.22. The van der Waals surface area contributed by atoms with Crippen molar-refractivity contribution in [2.75, 3.05) is 6.61 Å². The lowest BCUT2D eigenvalue weighted by molar-refractivity contribution is 0.0954. The van der Waals surface area contributed by atoms with Crippen molar-refractivity contribution in [3.05, 3.63) is 52.0 Å². The van der Waals surface area contributed by atoms with Crippen LogP contribution >= 0.6 is 11.3 Å². The molecule has 1 heterocycles. The van der Waals surface area contributed by atoms with Crippen LogP contribution in [0.3, 0.4) is 0 Å². The van der Waals surface area contributed by atoms with Crippen molar-refractivity contribution in [3.8, 4) is 11.8 Å². The number of hydrogen-bond donors (Lipinski definition) is 2. The predicted octanol–water partition coefficient (Wildman–Crippen LogP) is 1.42. The fraction of sp³-hybridized carbons (Fsp3) is 0.143. The van der Waals surface area contributed by atoms with Crippen LogP contribution in [0, 0.1) is 11.8 Å². The normalized spacial score (nSPS) is 9.53. The van der Waals surface area contributed by atoms with Gasteiger partial charge in [-0.3, -0.25) is 9.78 Å². The van der Waals surface area contributed by atoms with Crippen molar-refractivity contribution in [2.24, 2.45) is 0 Å². The van der Waals surface area contributed by atoms with Crippen LogP contribution in [0.4, 0.5) is 0 Å². The maximum absolute atomic E-state index is 11.8.